The number of likely N-dealkylation sites (tertiary alicyclic amines) is 1. The summed E-state index contributed by atoms with van der Waals surface area (Å²) in [5.74, 6) is 0.569. The summed E-state index contributed by atoms with van der Waals surface area (Å²) in [5.41, 5.74) is 0. The Morgan fingerprint density at radius 1 is 1.28 bits per heavy atom. The van der Waals surface area contributed by atoms with E-state index < -0.39 is 0 Å². The molecule has 3 unspecified atom stereocenters. The molecule has 0 spiro atoms. The zero-order valence-electron chi connectivity index (χ0n) is 11.4. The van der Waals surface area contributed by atoms with Crippen LogP contribution in [0.25, 0.3) is 0 Å². The third kappa shape index (κ3) is 3.23. The normalized spacial score (nSPS) is 30.4. The lowest BCUT2D eigenvalue weighted by Gasteiger charge is -2.31. The Morgan fingerprint density at radius 3 is 2.67 bits per heavy atom. The van der Waals surface area contributed by atoms with Crippen molar-refractivity contribution >= 4 is 5.91 Å². The number of rotatable bonds is 4. The maximum absolute atomic E-state index is 12.3. The Morgan fingerprint density at radius 2 is 2.00 bits per heavy atom. The third-order valence-corrected chi connectivity index (χ3v) is 4.40. The Bertz CT molecular complexity index is 277. The minimum absolute atomic E-state index is 0.111. The standard InChI is InChI=1S/C14H26N2O2/c1-11(14(18)16-8-3-2-4-9-16)15-13-7-5-6-12(13)10-17/h11-13,15,17H,2-10H2,1H3. The number of nitrogens with one attached hydrogen (secondary N) is 1. The van der Waals surface area contributed by atoms with Gasteiger partial charge in [-0.3, -0.25) is 4.79 Å². The van der Waals surface area contributed by atoms with Gasteiger partial charge in [0, 0.05) is 25.7 Å². The van der Waals surface area contributed by atoms with Gasteiger partial charge in [0.15, 0.2) is 0 Å². The van der Waals surface area contributed by atoms with Gasteiger partial charge in [-0.25, -0.2) is 0 Å². The Labute approximate surface area is 110 Å². The number of hydrogen-bond acceptors (Lipinski definition) is 3. The lowest BCUT2D eigenvalue weighted by Crippen LogP contribution is -2.50. The molecule has 0 bridgehead atoms. The first-order valence-electron chi connectivity index (χ1n) is 7.38. The maximum Gasteiger partial charge on any atom is 0.239 e. The van der Waals surface area contributed by atoms with Crippen LogP contribution in [-0.4, -0.2) is 47.7 Å². The lowest BCUT2D eigenvalue weighted by molar-refractivity contribution is -0.134. The summed E-state index contributed by atoms with van der Waals surface area (Å²) in [7, 11) is 0. The highest BCUT2D eigenvalue weighted by Crippen LogP contribution is 2.25. The Balaban J connectivity index is 1.82. The molecule has 1 amide bonds. The molecule has 0 aromatic heterocycles. The van der Waals surface area contributed by atoms with Gasteiger partial charge < -0.3 is 15.3 Å². The number of nitrogens with zero attached hydrogens (tertiary/aromatic N) is 1. The van der Waals surface area contributed by atoms with E-state index >= 15 is 0 Å². The molecule has 18 heavy (non-hydrogen) atoms. The molecule has 4 nitrogen and oxygen atoms in total. The fourth-order valence-electron chi connectivity index (χ4n) is 3.26. The molecule has 1 saturated carbocycles. The topological polar surface area (TPSA) is 52.6 Å². The number of carbonyl (C=O) groups is 1. The highest BCUT2D eigenvalue weighted by atomic mass is 16.3. The summed E-state index contributed by atoms with van der Waals surface area (Å²) in [6.07, 6.45) is 6.86. The highest BCUT2D eigenvalue weighted by Gasteiger charge is 2.30. The van der Waals surface area contributed by atoms with Crippen LogP contribution in [-0.2, 0) is 4.79 Å². The second-order valence-corrected chi connectivity index (χ2v) is 5.75. The average Bonchev–Trinajstić information content (AvgIpc) is 2.86. The van der Waals surface area contributed by atoms with Crippen molar-refractivity contribution in [2.24, 2.45) is 5.92 Å². The number of aliphatic hydroxyl groups is 1. The molecule has 2 N–H and O–H groups in total. The number of piperidine rings is 1. The predicted octanol–water partition coefficient (Wildman–Crippen LogP) is 1.14. The van der Waals surface area contributed by atoms with Gasteiger partial charge in [-0.05, 0) is 44.9 Å². The van der Waals surface area contributed by atoms with Crippen LogP contribution >= 0.6 is 0 Å². The molecule has 2 rings (SSSR count). The van der Waals surface area contributed by atoms with Crippen molar-refractivity contribution < 1.29 is 9.90 Å². The van der Waals surface area contributed by atoms with E-state index in [1.165, 1.54) is 6.42 Å². The third-order valence-electron chi connectivity index (χ3n) is 4.40. The van der Waals surface area contributed by atoms with E-state index in [-0.39, 0.29) is 18.6 Å². The summed E-state index contributed by atoms with van der Waals surface area (Å²) < 4.78 is 0. The van der Waals surface area contributed by atoms with Gasteiger partial charge in [-0.15, -0.1) is 0 Å². The van der Waals surface area contributed by atoms with Crippen molar-refractivity contribution in [1.82, 2.24) is 10.2 Å². The van der Waals surface area contributed by atoms with Crippen molar-refractivity contribution in [1.29, 1.82) is 0 Å². The monoisotopic (exact) mass is 254 g/mol. The van der Waals surface area contributed by atoms with Gasteiger partial charge in [0.2, 0.25) is 5.91 Å². The molecule has 1 heterocycles. The van der Waals surface area contributed by atoms with Gasteiger partial charge in [-0.1, -0.05) is 6.42 Å². The van der Waals surface area contributed by atoms with Crippen LogP contribution in [0, 0.1) is 5.92 Å². The van der Waals surface area contributed by atoms with Gasteiger partial charge in [0.05, 0.1) is 6.04 Å². The van der Waals surface area contributed by atoms with Crippen LogP contribution in [0.4, 0.5) is 0 Å². The molecule has 4 heteroatoms. The molecule has 1 aliphatic carbocycles. The summed E-state index contributed by atoms with van der Waals surface area (Å²) in [4.78, 5) is 14.3. The minimum atomic E-state index is -0.111. The average molecular weight is 254 g/mol. The SMILES string of the molecule is CC(NC1CCCC1CO)C(=O)N1CCCCC1. The first-order chi connectivity index (χ1) is 8.72. The van der Waals surface area contributed by atoms with Crippen LogP contribution in [0.1, 0.15) is 45.4 Å². The number of aliphatic hydroxyl groups excluding tert-OH is 1. The van der Waals surface area contributed by atoms with E-state index in [4.69, 9.17) is 0 Å². The molecule has 0 aromatic rings. The summed E-state index contributed by atoms with van der Waals surface area (Å²) in [5, 5.41) is 12.7. The van der Waals surface area contributed by atoms with Crippen LogP contribution in [0.15, 0.2) is 0 Å². The molecule has 0 aromatic carbocycles. The van der Waals surface area contributed by atoms with E-state index in [0.717, 1.165) is 45.2 Å². The minimum Gasteiger partial charge on any atom is -0.396 e. The molecule has 2 fully saturated rings. The fraction of sp³-hybridized carbons (Fsp3) is 0.929. The van der Waals surface area contributed by atoms with E-state index in [1.54, 1.807) is 0 Å². The lowest BCUT2D eigenvalue weighted by atomic mass is 10.0. The zero-order chi connectivity index (χ0) is 13.0. The fourth-order valence-corrected chi connectivity index (χ4v) is 3.26. The molecular weight excluding hydrogens is 228 g/mol. The number of hydrogen-bond donors (Lipinski definition) is 2. The van der Waals surface area contributed by atoms with Crippen LogP contribution in [0.2, 0.25) is 0 Å². The Hall–Kier alpha value is -0.610. The van der Waals surface area contributed by atoms with Crippen molar-refractivity contribution in [3.05, 3.63) is 0 Å². The van der Waals surface area contributed by atoms with Crippen molar-refractivity contribution in [2.75, 3.05) is 19.7 Å². The second kappa shape index (κ2) is 6.53. The van der Waals surface area contributed by atoms with Crippen LogP contribution in [0.5, 0.6) is 0 Å². The van der Waals surface area contributed by atoms with Crippen LogP contribution in [0.3, 0.4) is 0 Å². The number of carbonyl (C=O) groups excluding carboxylic acids is 1. The van der Waals surface area contributed by atoms with Gasteiger partial charge in [-0.2, -0.15) is 0 Å². The molecule has 2 aliphatic rings. The number of amides is 1. The first-order valence-corrected chi connectivity index (χ1v) is 7.38. The van der Waals surface area contributed by atoms with Gasteiger partial charge >= 0.3 is 0 Å². The van der Waals surface area contributed by atoms with E-state index in [1.807, 2.05) is 11.8 Å². The molecule has 0 radical (unpaired) electrons. The molecule has 104 valence electrons. The quantitative estimate of drug-likeness (QED) is 0.791. The Kier molecular flexibility index (Phi) is 5.01. The van der Waals surface area contributed by atoms with Gasteiger partial charge in [0.25, 0.3) is 0 Å². The van der Waals surface area contributed by atoms with Crippen molar-refractivity contribution in [3.63, 3.8) is 0 Å². The largest absolute Gasteiger partial charge is 0.396 e. The predicted molar refractivity (Wildman–Crippen MR) is 71.2 cm³/mol. The van der Waals surface area contributed by atoms with Crippen molar-refractivity contribution in [3.8, 4) is 0 Å². The van der Waals surface area contributed by atoms with E-state index in [9.17, 15) is 9.90 Å². The van der Waals surface area contributed by atoms with Crippen molar-refractivity contribution in [2.45, 2.75) is 57.5 Å². The first kappa shape index (κ1) is 13.8. The molecular formula is C14H26N2O2. The smallest absolute Gasteiger partial charge is 0.239 e. The van der Waals surface area contributed by atoms with E-state index in [0.29, 0.717) is 12.0 Å². The zero-order valence-corrected chi connectivity index (χ0v) is 11.4. The maximum atomic E-state index is 12.3. The summed E-state index contributed by atoms with van der Waals surface area (Å²) in [6.45, 7) is 4.03. The molecule has 1 aliphatic heterocycles. The second-order valence-electron chi connectivity index (χ2n) is 5.75. The van der Waals surface area contributed by atoms with Crippen LogP contribution < -0.4 is 5.32 Å². The summed E-state index contributed by atoms with van der Waals surface area (Å²) in [6, 6.07) is 0.207. The molecule has 1 saturated heterocycles. The highest BCUT2D eigenvalue weighted by molar-refractivity contribution is 5.81. The summed E-state index contributed by atoms with van der Waals surface area (Å²) >= 11 is 0. The molecule has 3 atom stereocenters. The van der Waals surface area contributed by atoms with Gasteiger partial charge in [0.1, 0.15) is 0 Å². The van der Waals surface area contributed by atoms with E-state index in [2.05, 4.69) is 5.32 Å².